The summed E-state index contributed by atoms with van der Waals surface area (Å²) in [7, 11) is 0. The highest BCUT2D eigenvalue weighted by Crippen LogP contribution is 2.39. The van der Waals surface area contributed by atoms with E-state index in [9.17, 15) is 35.1 Å². The lowest BCUT2D eigenvalue weighted by atomic mass is 9.89. The maximum atomic E-state index is 14.9. The van der Waals surface area contributed by atoms with Crippen molar-refractivity contribution in [3.8, 4) is 16.9 Å². The van der Waals surface area contributed by atoms with E-state index in [1.807, 2.05) is 0 Å². The van der Waals surface area contributed by atoms with E-state index in [0.717, 1.165) is 37.7 Å². The Morgan fingerprint density at radius 2 is 1.36 bits per heavy atom. The standard InChI is InChI=1S/C27H22F8O/c1-14-3-2-4-15(6-5-14)16-7-8-19(20(28)9-16)17-10-21(29)25(22(30)11-17)27(34,35)36-18-12-23(31)26(33)24(32)13-18/h7-15H,2-6H2,1H3. The maximum absolute atomic E-state index is 14.9. The molecule has 1 nitrogen and oxygen atoms in total. The Hall–Kier alpha value is -3.10. The third-order valence-electron chi connectivity index (χ3n) is 6.57. The molecule has 9 heteroatoms. The number of hydrogen-bond acceptors (Lipinski definition) is 1. The zero-order chi connectivity index (χ0) is 26.2. The van der Waals surface area contributed by atoms with E-state index in [-0.39, 0.29) is 29.2 Å². The van der Waals surface area contributed by atoms with Crippen LogP contribution < -0.4 is 4.74 Å². The normalized spacial score (nSPS) is 18.7. The molecule has 0 N–H and O–H groups in total. The molecule has 1 fully saturated rings. The average Bonchev–Trinajstić information content (AvgIpc) is 3.00. The number of alkyl halides is 2. The Morgan fingerprint density at radius 1 is 0.722 bits per heavy atom. The number of halogens is 8. The van der Waals surface area contributed by atoms with E-state index < -0.39 is 52.3 Å². The third kappa shape index (κ3) is 5.34. The van der Waals surface area contributed by atoms with Gasteiger partial charge in [0.1, 0.15) is 28.8 Å². The topological polar surface area (TPSA) is 9.23 Å². The van der Waals surface area contributed by atoms with Gasteiger partial charge in [-0.15, -0.1) is 0 Å². The lowest BCUT2D eigenvalue weighted by molar-refractivity contribution is -0.189. The van der Waals surface area contributed by atoms with Crippen LogP contribution in [0.5, 0.6) is 5.75 Å². The van der Waals surface area contributed by atoms with Crippen LogP contribution in [-0.2, 0) is 6.11 Å². The number of benzene rings is 3. The zero-order valence-corrected chi connectivity index (χ0v) is 19.2. The molecule has 0 spiro atoms. The summed E-state index contributed by atoms with van der Waals surface area (Å²) in [4.78, 5) is 0. The van der Waals surface area contributed by atoms with Crippen molar-refractivity contribution in [3.05, 3.63) is 88.5 Å². The van der Waals surface area contributed by atoms with Crippen molar-refractivity contribution in [1.29, 1.82) is 0 Å². The first kappa shape index (κ1) is 26.0. The molecule has 0 saturated heterocycles. The van der Waals surface area contributed by atoms with Gasteiger partial charge in [-0.3, -0.25) is 0 Å². The van der Waals surface area contributed by atoms with Crippen molar-refractivity contribution in [1.82, 2.24) is 0 Å². The first-order valence-corrected chi connectivity index (χ1v) is 11.5. The van der Waals surface area contributed by atoms with Gasteiger partial charge in [-0.05, 0) is 54.0 Å². The Morgan fingerprint density at radius 3 is 1.97 bits per heavy atom. The van der Waals surface area contributed by atoms with Gasteiger partial charge < -0.3 is 4.74 Å². The molecule has 0 heterocycles. The lowest BCUT2D eigenvalue weighted by Crippen LogP contribution is -2.25. The van der Waals surface area contributed by atoms with Crippen molar-refractivity contribution in [2.24, 2.45) is 5.92 Å². The lowest BCUT2D eigenvalue weighted by Gasteiger charge is -2.20. The fraction of sp³-hybridized carbons (Fsp3) is 0.333. The second kappa shape index (κ2) is 10.1. The van der Waals surface area contributed by atoms with Gasteiger partial charge in [0.2, 0.25) is 0 Å². The summed E-state index contributed by atoms with van der Waals surface area (Å²) < 4.78 is 117. The van der Waals surface area contributed by atoms with E-state index in [1.54, 1.807) is 6.07 Å². The van der Waals surface area contributed by atoms with Crippen molar-refractivity contribution >= 4 is 0 Å². The predicted octanol–water partition coefficient (Wildman–Crippen LogP) is 9.00. The smallest absolute Gasteiger partial charge is 0.429 e. The first-order chi connectivity index (χ1) is 17.0. The molecule has 1 aliphatic rings. The van der Waals surface area contributed by atoms with Crippen molar-refractivity contribution in [3.63, 3.8) is 0 Å². The van der Waals surface area contributed by atoms with Crippen LogP contribution in [0.3, 0.4) is 0 Å². The highest BCUT2D eigenvalue weighted by atomic mass is 19.3. The van der Waals surface area contributed by atoms with Crippen molar-refractivity contribution in [2.75, 3.05) is 0 Å². The van der Waals surface area contributed by atoms with Crippen LogP contribution in [0.1, 0.15) is 56.1 Å². The zero-order valence-electron chi connectivity index (χ0n) is 19.2. The second-order valence-electron chi connectivity index (χ2n) is 9.18. The minimum absolute atomic E-state index is 0.113. The summed E-state index contributed by atoms with van der Waals surface area (Å²) in [5.41, 5.74) is -1.58. The molecule has 1 aliphatic carbocycles. The van der Waals surface area contributed by atoms with Gasteiger partial charge in [0.25, 0.3) is 0 Å². The van der Waals surface area contributed by atoms with Crippen LogP contribution in [0.15, 0.2) is 42.5 Å². The molecular weight excluding hydrogens is 492 g/mol. The fourth-order valence-corrected chi connectivity index (χ4v) is 4.64. The molecule has 0 aliphatic heterocycles. The minimum atomic E-state index is -4.72. The molecule has 192 valence electrons. The van der Waals surface area contributed by atoms with Crippen LogP contribution in [0, 0.1) is 40.8 Å². The highest BCUT2D eigenvalue weighted by molar-refractivity contribution is 5.65. The molecule has 1 saturated carbocycles. The Balaban J connectivity index is 1.62. The third-order valence-corrected chi connectivity index (χ3v) is 6.57. The molecule has 0 aromatic heterocycles. The van der Waals surface area contributed by atoms with Crippen LogP contribution in [0.4, 0.5) is 35.1 Å². The molecule has 0 radical (unpaired) electrons. The number of hydrogen-bond donors (Lipinski definition) is 0. The first-order valence-electron chi connectivity index (χ1n) is 11.5. The summed E-state index contributed by atoms with van der Waals surface area (Å²) in [6.45, 7) is 2.17. The molecule has 3 aromatic rings. The maximum Gasteiger partial charge on any atom is 0.432 e. The van der Waals surface area contributed by atoms with Gasteiger partial charge in [0.15, 0.2) is 17.5 Å². The highest BCUT2D eigenvalue weighted by Gasteiger charge is 2.41. The van der Waals surface area contributed by atoms with Crippen LogP contribution in [0.2, 0.25) is 0 Å². The Labute approximate surface area is 202 Å². The van der Waals surface area contributed by atoms with E-state index in [1.165, 1.54) is 12.1 Å². The summed E-state index contributed by atoms with van der Waals surface area (Å²) in [6, 6.07) is 5.59. The SMILES string of the molecule is CC1CCCC(c2ccc(-c3cc(F)c(C(F)(F)Oc4cc(F)c(F)c(F)c4)c(F)c3)c(F)c2)CC1. The van der Waals surface area contributed by atoms with Gasteiger partial charge in [-0.25, -0.2) is 26.3 Å². The molecule has 0 amide bonds. The quantitative estimate of drug-likeness (QED) is 0.188. The van der Waals surface area contributed by atoms with E-state index in [2.05, 4.69) is 11.7 Å². The van der Waals surface area contributed by atoms with E-state index >= 15 is 0 Å². The largest absolute Gasteiger partial charge is 0.432 e. The van der Waals surface area contributed by atoms with Gasteiger partial charge in [-0.2, -0.15) is 8.78 Å². The summed E-state index contributed by atoms with van der Waals surface area (Å²) in [6.07, 6.45) is 0.205. The van der Waals surface area contributed by atoms with Crippen LogP contribution in [-0.4, -0.2) is 0 Å². The molecule has 4 rings (SSSR count). The summed E-state index contributed by atoms with van der Waals surface area (Å²) in [5, 5.41) is 0. The van der Waals surface area contributed by atoms with Gasteiger partial charge in [-0.1, -0.05) is 38.3 Å². The Kier molecular flexibility index (Phi) is 7.29. The molecule has 0 bridgehead atoms. The number of ether oxygens (including phenoxy) is 1. The molecule has 2 unspecified atom stereocenters. The van der Waals surface area contributed by atoms with Gasteiger partial charge in [0, 0.05) is 17.7 Å². The molecule has 36 heavy (non-hydrogen) atoms. The molecular formula is C27H22F8O. The monoisotopic (exact) mass is 514 g/mol. The van der Waals surface area contributed by atoms with Crippen molar-refractivity contribution < 1.29 is 39.9 Å². The van der Waals surface area contributed by atoms with Crippen molar-refractivity contribution in [2.45, 2.75) is 51.1 Å². The average molecular weight is 514 g/mol. The minimum Gasteiger partial charge on any atom is -0.429 e. The van der Waals surface area contributed by atoms with E-state index in [4.69, 9.17) is 0 Å². The molecule has 2 atom stereocenters. The Bertz CT molecular complexity index is 1230. The second-order valence-corrected chi connectivity index (χ2v) is 9.18. The van der Waals surface area contributed by atoms with Crippen LogP contribution in [0.25, 0.3) is 11.1 Å². The molecule has 3 aromatic carbocycles. The predicted molar refractivity (Wildman–Crippen MR) is 118 cm³/mol. The summed E-state index contributed by atoms with van der Waals surface area (Å²) >= 11 is 0. The van der Waals surface area contributed by atoms with E-state index in [0.29, 0.717) is 18.1 Å². The van der Waals surface area contributed by atoms with Crippen LogP contribution >= 0.6 is 0 Å². The summed E-state index contributed by atoms with van der Waals surface area (Å²) in [5.74, 6) is -10.3. The fourth-order valence-electron chi connectivity index (χ4n) is 4.64. The number of rotatable bonds is 5. The van der Waals surface area contributed by atoms with Gasteiger partial charge >= 0.3 is 6.11 Å². The van der Waals surface area contributed by atoms with Gasteiger partial charge in [0.05, 0.1) is 0 Å².